The first-order chi connectivity index (χ1) is 16.3. The van der Waals surface area contributed by atoms with Crippen LogP contribution in [0.25, 0.3) is 11.1 Å². The maximum absolute atomic E-state index is 12.8. The van der Waals surface area contributed by atoms with Crippen molar-refractivity contribution in [2.75, 3.05) is 37.4 Å². The minimum absolute atomic E-state index is 0.0721. The van der Waals surface area contributed by atoms with E-state index in [0.717, 1.165) is 42.6 Å². The molecule has 4 rings (SSSR count). The van der Waals surface area contributed by atoms with E-state index >= 15 is 0 Å². The average Bonchev–Trinajstić information content (AvgIpc) is 3.23. The van der Waals surface area contributed by atoms with E-state index in [2.05, 4.69) is 20.3 Å². The van der Waals surface area contributed by atoms with Crippen molar-refractivity contribution in [3.63, 3.8) is 0 Å². The molecule has 0 spiro atoms. The molecule has 0 unspecified atom stereocenters. The lowest BCUT2D eigenvalue weighted by molar-refractivity contribution is -0.118. The van der Waals surface area contributed by atoms with E-state index < -0.39 is 5.91 Å². The molecule has 1 saturated heterocycles. The standard InChI is InChI=1S/C24H30N8O2/c1-30(2)24-26-14-18(16-7-6-8-17(13-16)23(25)34)22(28-24)19-9-4-5-11-32(19)15-21(33)27-20-10-12-31(3)29-20/h6-8,10,12-14,19H,4-5,9,11,15H2,1-3H3,(H2,25,34)(H,27,29,33)/t19-/m1/s1. The molecule has 0 bridgehead atoms. The molecule has 1 fully saturated rings. The Morgan fingerprint density at radius 1 is 1.24 bits per heavy atom. The van der Waals surface area contributed by atoms with Crippen molar-refractivity contribution < 1.29 is 9.59 Å². The number of nitrogens with zero attached hydrogens (tertiary/aromatic N) is 6. The molecular formula is C24H30N8O2. The van der Waals surface area contributed by atoms with Crippen molar-refractivity contribution >= 4 is 23.6 Å². The Morgan fingerprint density at radius 3 is 2.76 bits per heavy atom. The van der Waals surface area contributed by atoms with Gasteiger partial charge in [-0.3, -0.25) is 19.2 Å². The number of anilines is 2. The first-order valence-corrected chi connectivity index (χ1v) is 11.3. The molecule has 1 aromatic carbocycles. The van der Waals surface area contributed by atoms with Crippen LogP contribution in [0.4, 0.5) is 11.8 Å². The summed E-state index contributed by atoms with van der Waals surface area (Å²) < 4.78 is 1.65. The van der Waals surface area contributed by atoms with Gasteiger partial charge < -0.3 is 16.0 Å². The van der Waals surface area contributed by atoms with E-state index in [-0.39, 0.29) is 18.5 Å². The molecule has 2 amide bonds. The summed E-state index contributed by atoms with van der Waals surface area (Å²) in [5.74, 6) is 0.514. The molecule has 1 aliphatic rings. The number of hydrogen-bond donors (Lipinski definition) is 2. The second kappa shape index (κ2) is 10.0. The van der Waals surface area contributed by atoms with Gasteiger partial charge in [0, 0.05) is 50.7 Å². The highest BCUT2D eigenvalue weighted by molar-refractivity contribution is 5.94. The second-order valence-corrected chi connectivity index (χ2v) is 8.71. The monoisotopic (exact) mass is 462 g/mol. The molecular weight excluding hydrogens is 432 g/mol. The third kappa shape index (κ3) is 5.23. The van der Waals surface area contributed by atoms with Gasteiger partial charge in [-0.1, -0.05) is 18.6 Å². The zero-order valence-electron chi connectivity index (χ0n) is 19.7. The van der Waals surface area contributed by atoms with Gasteiger partial charge in [0.05, 0.1) is 18.3 Å². The van der Waals surface area contributed by atoms with E-state index in [9.17, 15) is 9.59 Å². The number of carbonyl (C=O) groups is 2. The van der Waals surface area contributed by atoms with Crippen LogP contribution in [0.5, 0.6) is 0 Å². The minimum atomic E-state index is -0.486. The third-order valence-electron chi connectivity index (χ3n) is 5.92. The Labute approximate surface area is 198 Å². The van der Waals surface area contributed by atoms with Crippen molar-refractivity contribution in [1.29, 1.82) is 0 Å². The summed E-state index contributed by atoms with van der Waals surface area (Å²) in [6.07, 6.45) is 6.48. The lowest BCUT2D eigenvalue weighted by Crippen LogP contribution is -2.40. The predicted octanol–water partition coefficient (Wildman–Crippen LogP) is 2.21. The zero-order valence-corrected chi connectivity index (χ0v) is 19.7. The van der Waals surface area contributed by atoms with Crippen molar-refractivity contribution in [3.05, 3.63) is 54.0 Å². The van der Waals surface area contributed by atoms with Crippen LogP contribution in [0.1, 0.15) is 41.4 Å². The number of benzene rings is 1. The molecule has 178 valence electrons. The summed E-state index contributed by atoms with van der Waals surface area (Å²) >= 11 is 0. The SMILES string of the molecule is CN(C)c1ncc(-c2cccc(C(N)=O)c2)c([C@H]2CCCCN2CC(=O)Nc2ccn(C)n2)n1. The highest BCUT2D eigenvalue weighted by atomic mass is 16.2. The fourth-order valence-corrected chi connectivity index (χ4v) is 4.26. The topological polar surface area (TPSA) is 122 Å². The number of nitrogens with two attached hydrogens (primary N) is 1. The number of carbonyl (C=O) groups excluding carboxylic acids is 2. The molecule has 0 saturated carbocycles. The number of aryl methyl sites for hydroxylation is 1. The Balaban J connectivity index is 1.68. The quantitative estimate of drug-likeness (QED) is 0.552. The molecule has 34 heavy (non-hydrogen) atoms. The van der Waals surface area contributed by atoms with Crippen molar-refractivity contribution in [2.45, 2.75) is 25.3 Å². The van der Waals surface area contributed by atoms with E-state index in [1.165, 1.54) is 0 Å². The van der Waals surface area contributed by atoms with E-state index in [4.69, 9.17) is 10.7 Å². The smallest absolute Gasteiger partial charge is 0.248 e. The number of rotatable bonds is 7. The molecule has 1 aliphatic heterocycles. The van der Waals surface area contributed by atoms with Crippen LogP contribution in [0.15, 0.2) is 42.7 Å². The molecule has 3 heterocycles. The van der Waals surface area contributed by atoms with Crippen LogP contribution in [0.2, 0.25) is 0 Å². The summed E-state index contributed by atoms with van der Waals surface area (Å²) in [4.78, 5) is 38.0. The van der Waals surface area contributed by atoms with Crippen molar-refractivity contribution in [1.82, 2.24) is 24.6 Å². The minimum Gasteiger partial charge on any atom is -0.366 e. The first kappa shape index (κ1) is 23.4. The highest BCUT2D eigenvalue weighted by Crippen LogP contribution is 2.36. The largest absolute Gasteiger partial charge is 0.366 e. The highest BCUT2D eigenvalue weighted by Gasteiger charge is 2.30. The third-order valence-corrected chi connectivity index (χ3v) is 5.92. The van der Waals surface area contributed by atoms with Crippen LogP contribution in [0, 0.1) is 0 Å². The molecule has 2 aromatic heterocycles. The maximum Gasteiger partial charge on any atom is 0.248 e. The molecule has 10 heteroatoms. The summed E-state index contributed by atoms with van der Waals surface area (Å²) in [6, 6.07) is 8.87. The summed E-state index contributed by atoms with van der Waals surface area (Å²) in [5, 5.41) is 7.10. The second-order valence-electron chi connectivity index (χ2n) is 8.71. The number of nitrogens with one attached hydrogen (secondary N) is 1. The Kier molecular flexibility index (Phi) is 6.87. The number of piperidine rings is 1. The number of amides is 2. The number of likely N-dealkylation sites (tertiary alicyclic amines) is 1. The predicted molar refractivity (Wildman–Crippen MR) is 130 cm³/mol. The van der Waals surface area contributed by atoms with Gasteiger partial charge in [-0.25, -0.2) is 9.97 Å². The summed E-state index contributed by atoms with van der Waals surface area (Å²) in [6.45, 7) is 1.01. The Morgan fingerprint density at radius 2 is 2.06 bits per heavy atom. The van der Waals surface area contributed by atoms with Gasteiger partial charge in [0.25, 0.3) is 0 Å². The van der Waals surface area contributed by atoms with Gasteiger partial charge in [0.15, 0.2) is 5.82 Å². The summed E-state index contributed by atoms with van der Waals surface area (Å²) in [7, 11) is 5.60. The fourth-order valence-electron chi connectivity index (χ4n) is 4.26. The number of primary amides is 1. The van der Waals surface area contributed by atoms with E-state index in [0.29, 0.717) is 17.3 Å². The van der Waals surface area contributed by atoms with Gasteiger partial charge >= 0.3 is 0 Å². The molecule has 0 aliphatic carbocycles. The molecule has 3 aromatic rings. The Bertz CT molecular complexity index is 1190. The van der Waals surface area contributed by atoms with E-state index in [1.807, 2.05) is 32.1 Å². The van der Waals surface area contributed by atoms with Crippen LogP contribution in [0.3, 0.4) is 0 Å². The summed E-state index contributed by atoms with van der Waals surface area (Å²) in [5.41, 5.74) is 8.42. The molecule has 3 N–H and O–H groups in total. The molecule has 10 nitrogen and oxygen atoms in total. The van der Waals surface area contributed by atoms with Crippen molar-refractivity contribution in [3.8, 4) is 11.1 Å². The first-order valence-electron chi connectivity index (χ1n) is 11.3. The van der Waals surface area contributed by atoms with E-state index in [1.54, 1.807) is 41.3 Å². The van der Waals surface area contributed by atoms with Gasteiger partial charge in [0.1, 0.15) is 0 Å². The van der Waals surface area contributed by atoms with Gasteiger partial charge in [-0.15, -0.1) is 0 Å². The van der Waals surface area contributed by atoms with Crippen LogP contribution >= 0.6 is 0 Å². The Hall–Kier alpha value is -3.79. The van der Waals surface area contributed by atoms with Crippen LogP contribution in [-0.2, 0) is 11.8 Å². The number of aromatic nitrogens is 4. The van der Waals surface area contributed by atoms with Gasteiger partial charge in [-0.2, -0.15) is 5.10 Å². The molecule has 0 radical (unpaired) electrons. The number of hydrogen-bond acceptors (Lipinski definition) is 7. The van der Waals surface area contributed by atoms with Gasteiger partial charge in [-0.05, 0) is 37.1 Å². The van der Waals surface area contributed by atoms with Crippen molar-refractivity contribution in [2.24, 2.45) is 12.8 Å². The van der Waals surface area contributed by atoms with Crippen LogP contribution in [-0.4, -0.2) is 63.6 Å². The normalized spacial score (nSPS) is 16.3. The average molecular weight is 463 g/mol. The molecule has 1 atom stereocenters. The fraction of sp³-hybridized carbons (Fsp3) is 0.375. The van der Waals surface area contributed by atoms with Crippen LogP contribution < -0.4 is 16.0 Å². The maximum atomic E-state index is 12.8. The zero-order chi connectivity index (χ0) is 24.2. The van der Waals surface area contributed by atoms with Gasteiger partial charge in [0.2, 0.25) is 17.8 Å². The lowest BCUT2D eigenvalue weighted by Gasteiger charge is -2.36. The lowest BCUT2D eigenvalue weighted by atomic mass is 9.93.